The number of halogens is 10. The van der Waals surface area contributed by atoms with Crippen LogP contribution in [0.4, 0.5) is 26.3 Å². The lowest BCUT2D eigenvalue weighted by atomic mass is 10.2. The summed E-state index contributed by atoms with van der Waals surface area (Å²) in [5.41, 5.74) is -6.91. The summed E-state index contributed by atoms with van der Waals surface area (Å²) in [7, 11) is -3.64. The molecule has 0 N–H and O–H groups in total. The molecule has 2 rings (SSSR count). The fourth-order valence-electron chi connectivity index (χ4n) is 1.76. The number of benzene rings is 1. The van der Waals surface area contributed by atoms with Gasteiger partial charge in [0.15, 0.2) is 25.7 Å². The minimum Gasteiger partial charge on any atom is -0.275 e. The summed E-state index contributed by atoms with van der Waals surface area (Å²) in [5, 5.41) is -3.11. The lowest BCUT2D eigenvalue weighted by Gasteiger charge is -2.16. The lowest BCUT2D eigenvalue weighted by Crippen LogP contribution is -2.19. The smallest absolute Gasteiger partial charge is 0.275 e. The number of hydrogen-bond acceptors (Lipinski definition) is 2. The monoisotopic (exact) mass is 508 g/mol. The fraction of sp³-hybridized carbons (Fsp3) is 0.182. The largest absolute Gasteiger partial charge is 0.477 e. The summed E-state index contributed by atoms with van der Waals surface area (Å²) >= 11 is 19.9. The maximum absolute atomic E-state index is 12.8. The van der Waals surface area contributed by atoms with Gasteiger partial charge in [0, 0.05) is 0 Å². The van der Waals surface area contributed by atoms with Gasteiger partial charge in [-0.15, -0.1) is 0 Å². The van der Waals surface area contributed by atoms with Crippen molar-refractivity contribution < 1.29 is 30.6 Å². The molecule has 25 heavy (non-hydrogen) atoms. The molecule has 0 radical (unpaired) electrons. The molecule has 1 aromatic heterocycles. The molecule has 1 heterocycles. The third-order valence-electron chi connectivity index (χ3n) is 2.71. The highest BCUT2D eigenvalue weighted by Crippen LogP contribution is 2.42. The van der Waals surface area contributed by atoms with Gasteiger partial charge >= 0.3 is 11.7 Å². The number of hydrogen-bond donors (Lipinski definition) is 0. The van der Waals surface area contributed by atoms with Gasteiger partial charge in [0.05, 0.1) is 21.3 Å². The Kier molecular flexibility index (Phi) is 5.76. The quantitative estimate of drug-likeness (QED) is 0.449. The van der Waals surface area contributed by atoms with E-state index in [2.05, 4.69) is 20.9 Å². The molecule has 0 bridgehead atoms. The van der Waals surface area contributed by atoms with Gasteiger partial charge in [0.1, 0.15) is 0 Å². The molecule has 3 nitrogen and oxygen atoms in total. The Morgan fingerprint density at radius 1 is 1.04 bits per heavy atom. The van der Waals surface area contributed by atoms with Crippen LogP contribution in [0.15, 0.2) is 21.9 Å². The summed E-state index contributed by atoms with van der Waals surface area (Å²) in [6.45, 7) is 0. The van der Waals surface area contributed by atoms with Crippen molar-refractivity contribution in [3.63, 3.8) is 0 Å². The van der Waals surface area contributed by atoms with Crippen molar-refractivity contribution in [2.24, 2.45) is 0 Å². The molecule has 0 spiro atoms. The molecule has 138 valence electrons. The first-order valence-electron chi connectivity index (χ1n) is 5.74. The Labute approximate surface area is 161 Å². The van der Waals surface area contributed by atoms with Crippen molar-refractivity contribution in [1.82, 2.24) is 9.55 Å². The first-order valence-corrected chi connectivity index (χ1v) is 8.81. The topological polar surface area (TPSA) is 34.9 Å². The van der Waals surface area contributed by atoms with Crippen LogP contribution >= 0.6 is 50.7 Å². The molecular weight excluding hydrogens is 508 g/mol. The van der Waals surface area contributed by atoms with Gasteiger partial charge in [-0.05, 0) is 28.1 Å². The van der Waals surface area contributed by atoms with Gasteiger partial charge in [-0.1, -0.05) is 34.8 Å². The van der Waals surface area contributed by atoms with Crippen molar-refractivity contribution in [1.29, 1.82) is 0 Å². The Hall–Kier alpha value is -0.490. The standard InChI is InChI=1S/C11H2BrCl3F6N2OS/c12-9-22-7(15)8(25(24)11(19,20)21)23(9)6-4(13)1-3(2-5(6)14)10(16,17)18/h1-2H. The van der Waals surface area contributed by atoms with E-state index in [1.54, 1.807) is 0 Å². The van der Waals surface area contributed by atoms with E-state index < -0.39 is 54.0 Å². The zero-order valence-corrected chi connectivity index (χ0v) is 15.8. The Balaban J connectivity index is 2.79. The first kappa shape index (κ1) is 20.8. The SMILES string of the molecule is O=S(c1c(Cl)nc(Br)n1-c1c(Cl)cc(C(F)(F)F)cc1Cl)C(F)(F)F. The number of nitrogens with zero attached hydrogens (tertiary/aromatic N) is 2. The second-order valence-corrected chi connectivity index (χ2v) is 7.58. The van der Waals surface area contributed by atoms with Gasteiger partial charge in [-0.3, -0.25) is 4.57 Å². The molecule has 0 aliphatic rings. The van der Waals surface area contributed by atoms with E-state index in [1.165, 1.54) is 0 Å². The molecule has 1 unspecified atom stereocenters. The number of aromatic nitrogens is 2. The highest BCUT2D eigenvalue weighted by Gasteiger charge is 2.43. The summed E-state index contributed by atoms with van der Waals surface area (Å²) in [4.78, 5) is 3.49. The second-order valence-electron chi connectivity index (χ2n) is 4.31. The highest BCUT2D eigenvalue weighted by molar-refractivity contribution is 9.10. The summed E-state index contributed by atoms with van der Waals surface area (Å²) in [6.07, 6.45) is -4.78. The minimum absolute atomic E-state index is 0.381. The highest BCUT2D eigenvalue weighted by atomic mass is 79.9. The molecule has 2 aromatic rings. The van der Waals surface area contributed by atoms with Gasteiger partial charge in [0.2, 0.25) is 0 Å². The van der Waals surface area contributed by atoms with Gasteiger partial charge in [0.25, 0.3) is 0 Å². The zero-order chi connectivity index (χ0) is 19.3. The van der Waals surface area contributed by atoms with E-state index in [9.17, 15) is 30.6 Å². The van der Waals surface area contributed by atoms with Crippen LogP contribution in [0.2, 0.25) is 15.2 Å². The van der Waals surface area contributed by atoms with Crippen molar-refractivity contribution in [2.75, 3.05) is 0 Å². The predicted molar refractivity (Wildman–Crippen MR) is 83.8 cm³/mol. The molecule has 1 atom stereocenters. The van der Waals surface area contributed by atoms with Gasteiger partial charge in [-0.25, -0.2) is 9.19 Å². The molecule has 0 saturated heterocycles. The molecule has 0 amide bonds. The van der Waals surface area contributed by atoms with Crippen molar-refractivity contribution in [3.05, 3.63) is 37.6 Å². The molecule has 0 aliphatic heterocycles. The third kappa shape index (κ3) is 4.10. The molecule has 0 fully saturated rings. The van der Waals surface area contributed by atoms with E-state index in [0.717, 1.165) is 0 Å². The van der Waals surface area contributed by atoms with E-state index in [-0.39, 0.29) is 4.73 Å². The first-order chi connectivity index (χ1) is 11.2. The van der Waals surface area contributed by atoms with Crippen LogP contribution in [0.25, 0.3) is 5.69 Å². The summed E-state index contributed by atoms with van der Waals surface area (Å²) in [6, 6.07) is 0.923. The normalized spacial score (nSPS) is 14.0. The maximum Gasteiger partial charge on any atom is 0.477 e. The zero-order valence-electron chi connectivity index (χ0n) is 11.1. The molecule has 0 aliphatic carbocycles. The fourth-order valence-corrected chi connectivity index (χ4v) is 4.30. The molecule has 1 aromatic carbocycles. The molecule has 0 saturated carbocycles. The van der Waals surface area contributed by atoms with E-state index in [4.69, 9.17) is 34.8 Å². The van der Waals surface area contributed by atoms with Crippen LogP contribution < -0.4 is 0 Å². The Morgan fingerprint density at radius 2 is 1.52 bits per heavy atom. The van der Waals surface area contributed by atoms with E-state index in [1.807, 2.05) is 0 Å². The van der Waals surface area contributed by atoms with Crippen LogP contribution in [0, 0.1) is 0 Å². The Bertz CT molecular complexity index is 844. The van der Waals surface area contributed by atoms with E-state index in [0.29, 0.717) is 16.7 Å². The van der Waals surface area contributed by atoms with Crippen molar-refractivity contribution in [3.8, 4) is 5.69 Å². The van der Waals surface area contributed by atoms with Crippen molar-refractivity contribution >= 4 is 61.5 Å². The lowest BCUT2D eigenvalue weighted by molar-refractivity contribution is -0.137. The number of imidazole rings is 1. The van der Waals surface area contributed by atoms with Crippen LogP contribution in [0.3, 0.4) is 0 Å². The summed E-state index contributed by atoms with van der Waals surface area (Å²) in [5.74, 6) is 0. The Morgan fingerprint density at radius 3 is 1.92 bits per heavy atom. The number of rotatable bonds is 2. The van der Waals surface area contributed by atoms with Crippen LogP contribution in [0.1, 0.15) is 5.56 Å². The van der Waals surface area contributed by atoms with Crippen LogP contribution in [-0.4, -0.2) is 19.3 Å². The van der Waals surface area contributed by atoms with Crippen LogP contribution in [-0.2, 0) is 17.0 Å². The summed E-state index contributed by atoms with van der Waals surface area (Å²) < 4.78 is 88.6. The predicted octanol–water partition coefficient (Wildman–Crippen LogP) is 6.24. The van der Waals surface area contributed by atoms with Gasteiger partial charge in [-0.2, -0.15) is 26.3 Å². The molecular formula is C11H2BrCl3F6N2OS. The maximum atomic E-state index is 12.8. The number of alkyl halides is 6. The minimum atomic E-state index is -5.20. The second kappa shape index (κ2) is 6.91. The third-order valence-corrected chi connectivity index (χ3v) is 5.34. The van der Waals surface area contributed by atoms with E-state index >= 15 is 0 Å². The molecule has 14 heteroatoms. The average molecular weight is 510 g/mol. The van der Waals surface area contributed by atoms with Crippen LogP contribution in [0.5, 0.6) is 0 Å². The average Bonchev–Trinajstić information content (AvgIpc) is 2.70. The van der Waals surface area contributed by atoms with Gasteiger partial charge < -0.3 is 0 Å². The van der Waals surface area contributed by atoms with Crippen molar-refractivity contribution in [2.45, 2.75) is 16.7 Å².